The minimum absolute atomic E-state index is 0.0843. The zero-order valence-electron chi connectivity index (χ0n) is 26.3. The van der Waals surface area contributed by atoms with Gasteiger partial charge in [-0.3, -0.25) is 9.98 Å². The predicted molar refractivity (Wildman–Crippen MR) is 178 cm³/mol. The van der Waals surface area contributed by atoms with Crippen molar-refractivity contribution in [2.45, 2.75) is 69.4 Å². The van der Waals surface area contributed by atoms with Crippen LogP contribution in [0.25, 0.3) is 5.57 Å². The van der Waals surface area contributed by atoms with Crippen LogP contribution in [-0.2, 0) is 15.8 Å². The van der Waals surface area contributed by atoms with E-state index in [1.54, 1.807) is 49.8 Å². The van der Waals surface area contributed by atoms with Crippen LogP contribution in [0.15, 0.2) is 77.1 Å². The maximum absolute atomic E-state index is 14.2. The first-order valence-corrected chi connectivity index (χ1v) is 18.3. The molecule has 2 saturated heterocycles. The molecule has 0 radical (unpaired) electrons. The van der Waals surface area contributed by atoms with E-state index in [1.807, 2.05) is 4.90 Å². The van der Waals surface area contributed by atoms with Crippen molar-refractivity contribution in [2.75, 3.05) is 6.54 Å². The number of hydrogen-bond acceptors (Lipinski definition) is 9. The molecule has 3 aromatic heterocycles. The molecule has 258 valence electrons. The Hall–Kier alpha value is -3.67. The van der Waals surface area contributed by atoms with Gasteiger partial charge in [0.25, 0.3) is 10.2 Å². The van der Waals surface area contributed by atoms with Crippen molar-refractivity contribution >= 4 is 44.6 Å². The Morgan fingerprint density at radius 2 is 1.88 bits per heavy atom. The van der Waals surface area contributed by atoms with Gasteiger partial charge in [-0.1, -0.05) is 23.7 Å². The molecule has 6 heterocycles. The maximum Gasteiger partial charge on any atom is 0.333 e. The fourth-order valence-corrected chi connectivity index (χ4v) is 10.0. The van der Waals surface area contributed by atoms with Crippen molar-refractivity contribution in [3.63, 3.8) is 0 Å². The van der Waals surface area contributed by atoms with Crippen molar-refractivity contribution in [3.8, 4) is 0 Å². The third-order valence-corrected chi connectivity index (χ3v) is 12.1. The summed E-state index contributed by atoms with van der Waals surface area (Å²) in [5.41, 5.74) is 0.855. The number of alkyl halides is 2. The van der Waals surface area contributed by atoms with Crippen molar-refractivity contribution in [1.29, 1.82) is 0 Å². The number of benzene rings is 1. The molecule has 0 amide bonds. The lowest BCUT2D eigenvalue weighted by molar-refractivity contribution is -0.0491. The molecule has 2 N–H and O–H groups in total. The van der Waals surface area contributed by atoms with Gasteiger partial charge in [-0.15, -0.1) is 11.3 Å². The smallest absolute Gasteiger partial charge is 0.333 e. The summed E-state index contributed by atoms with van der Waals surface area (Å²) in [5, 5.41) is 18.1. The topological polar surface area (TPSA) is 129 Å². The number of hydrogen-bond donors (Lipinski definition) is 2. The van der Waals surface area contributed by atoms with Crippen molar-refractivity contribution in [2.24, 2.45) is 4.99 Å². The Kier molecular flexibility index (Phi) is 8.90. The minimum Gasteiger partial charge on any atom is -0.383 e. The average Bonchev–Trinajstić information content (AvgIpc) is 3.82. The summed E-state index contributed by atoms with van der Waals surface area (Å²) >= 11 is 7.88. The number of nitrogens with zero attached hydrogens (tertiary/aromatic N) is 7. The summed E-state index contributed by atoms with van der Waals surface area (Å²) in [6, 6.07) is 7.92. The zero-order chi connectivity index (χ0) is 34.7. The van der Waals surface area contributed by atoms with E-state index in [9.17, 15) is 26.7 Å². The molecule has 1 aromatic carbocycles. The number of aliphatic hydroxyl groups is 1. The molecule has 0 saturated carbocycles. The normalized spacial score (nSPS) is 26.4. The van der Waals surface area contributed by atoms with Crippen LogP contribution in [0.5, 0.6) is 0 Å². The van der Waals surface area contributed by atoms with Crippen LogP contribution in [0.4, 0.5) is 13.2 Å². The molecule has 2 unspecified atom stereocenters. The van der Waals surface area contributed by atoms with Gasteiger partial charge in [0.2, 0.25) is 0 Å². The molecule has 3 aliphatic rings. The van der Waals surface area contributed by atoms with Gasteiger partial charge in [0.15, 0.2) is 10.8 Å². The van der Waals surface area contributed by atoms with E-state index < -0.39 is 52.3 Å². The molecule has 7 rings (SSSR count). The van der Waals surface area contributed by atoms with Crippen LogP contribution >= 0.6 is 22.9 Å². The third kappa shape index (κ3) is 6.30. The summed E-state index contributed by atoms with van der Waals surface area (Å²) in [6.45, 7) is 0.772. The number of fused-ring (bicyclic) bond motifs is 1. The number of pyridine rings is 1. The van der Waals surface area contributed by atoms with E-state index in [0.717, 1.165) is 12.3 Å². The Balaban J connectivity index is 1.26. The summed E-state index contributed by atoms with van der Waals surface area (Å²) in [4.78, 5) is 15.6. The Morgan fingerprint density at radius 1 is 1.10 bits per heavy atom. The zero-order valence-corrected chi connectivity index (χ0v) is 28.7. The number of aromatic nitrogens is 4. The van der Waals surface area contributed by atoms with E-state index in [2.05, 4.69) is 19.8 Å². The first kappa shape index (κ1) is 33.8. The fourth-order valence-electron chi connectivity index (χ4n) is 7.30. The number of piperidine rings is 1. The van der Waals surface area contributed by atoms with Crippen molar-refractivity contribution < 1.29 is 26.7 Å². The van der Waals surface area contributed by atoms with Crippen LogP contribution in [0.1, 0.15) is 67.7 Å². The van der Waals surface area contributed by atoms with Crippen LogP contribution in [0.2, 0.25) is 5.02 Å². The Labute approximate surface area is 290 Å². The largest absolute Gasteiger partial charge is 0.383 e. The van der Waals surface area contributed by atoms with Crippen LogP contribution in [0, 0.1) is 5.82 Å². The van der Waals surface area contributed by atoms with Crippen molar-refractivity contribution in [1.82, 2.24) is 33.7 Å². The lowest BCUT2D eigenvalue weighted by atomic mass is 9.82. The minimum atomic E-state index is -4.11. The molecule has 0 spiro atoms. The third-order valence-electron chi connectivity index (χ3n) is 9.09. The Bertz CT molecular complexity index is 2020. The number of aliphatic imine (C=N–C) groups is 1. The van der Waals surface area contributed by atoms with E-state index >= 15 is 0 Å². The molecule has 3 aliphatic heterocycles. The number of amidine groups is 1. The van der Waals surface area contributed by atoms with Gasteiger partial charge in [-0.05, 0) is 57.0 Å². The molecule has 5 atom stereocenters. The molecule has 49 heavy (non-hydrogen) atoms. The standard InChI is InChI=1S/C32H32ClF3N8O3S2/c1-18-15-32(45,26-5-3-4-9-37-26)16-19(2)44(18)49(46,47)41-21-14-25-27(24-8-11-43(40-24)31(35)36)28(22-7-6-20(34)13-23(22)33)39-29(42(25)17-21)30-38-10-12-48-30/h3-13,18-19,21,28,31,41,45H,14-17H2,1-2H3/t18-,19?,21+,28+,32?/m1/s1. The predicted octanol–water partition coefficient (Wildman–Crippen LogP) is 5.50. The Morgan fingerprint density at radius 3 is 2.51 bits per heavy atom. The maximum atomic E-state index is 14.2. The van der Waals surface area contributed by atoms with Crippen molar-refractivity contribution in [3.05, 3.63) is 105 Å². The highest BCUT2D eigenvalue weighted by Crippen LogP contribution is 2.47. The van der Waals surface area contributed by atoms with E-state index in [4.69, 9.17) is 16.6 Å². The van der Waals surface area contributed by atoms with Gasteiger partial charge < -0.3 is 10.0 Å². The number of nitrogens with one attached hydrogen (secondary N) is 1. The summed E-state index contributed by atoms with van der Waals surface area (Å²) in [5.74, 6) is -0.115. The molecule has 17 heteroatoms. The monoisotopic (exact) mass is 732 g/mol. The van der Waals surface area contributed by atoms with Gasteiger partial charge in [0.05, 0.1) is 11.4 Å². The second-order valence-corrected chi connectivity index (χ2v) is 15.4. The highest BCUT2D eigenvalue weighted by atomic mass is 35.5. The first-order chi connectivity index (χ1) is 23.3. The first-order valence-electron chi connectivity index (χ1n) is 15.6. The average molecular weight is 733 g/mol. The lowest BCUT2D eigenvalue weighted by Gasteiger charge is -2.45. The number of thiazole rings is 1. The van der Waals surface area contributed by atoms with Gasteiger partial charge in [-0.2, -0.15) is 31.3 Å². The highest BCUT2D eigenvalue weighted by molar-refractivity contribution is 7.87. The number of rotatable bonds is 8. The van der Waals surface area contributed by atoms with E-state index in [-0.39, 0.29) is 36.5 Å². The summed E-state index contributed by atoms with van der Waals surface area (Å²) < 4.78 is 74.6. The summed E-state index contributed by atoms with van der Waals surface area (Å²) in [6.07, 6.45) is 4.82. The second kappa shape index (κ2) is 12.9. The van der Waals surface area contributed by atoms with Gasteiger partial charge in [0.1, 0.15) is 17.5 Å². The molecule has 4 aromatic rings. The van der Waals surface area contributed by atoms with Gasteiger partial charge in [0, 0.05) is 76.9 Å². The quantitative estimate of drug-likeness (QED) is 0.245. The molecule has 2 fully saturated rings. The second-order valence-electron chi connectivity index (χ2n) is 12.5. The SMILES string of the molecule is CC1CC(O)(c2ccccn2)C[C@@H](C)N1S(=O)(=O)N[C@H]1CC2=C(c3ccn(C(F)F)n3)[C@H](c3ccc(F)cc3Cl)N=C(c3nccs3)N2C1. The lowest BCUT2D eigenvalue weighted by Crippen LogP contribution is -2.59. The van der Waals surface area contributed by atoms with Crippen LogP contribution in [-0.4, -0.2) is 73.0 Å². The van der Waals surface area contributed by atoms with E-state index in [1.165, 1.54) is 33.8 Å². The molecule has 11 nitrogen and oxygen atoms in total. The molecular formula is C32H32ClF3N8O3S2. The summed E-state index contributed by atoms with van der Waals surface area (Å²) in [7, 11) is -4.11. The number of halogens is 4. The highest BCUT2D eigenvalue weighted by Gasteiger charge is 2.48. The van der Waals surface area contributed by atoms with Crippen LogP contribution in [0.3, 0.4) is 0 Å². The van der Waals surface area contributed by atoms with Crippen LogP contribution < -0.4 is 4.72 Å². The molecular weight excluding hydrogens is 701 g/mol. The molecule has 0 aliphatic carbocycles. The fraction of sp³-hybridized carbons (Fsp3) is 0.375. The molecule has 0 bridgehead atoms. The van der Waals surface area contributed by atoms with Gasteiger partial charge in [-0.25, -0.2) is 14.1 Å². The van der Waals surface area contributed by atoms with E-state index in [0.29, 0.717) is 38.1 Å². The van der Waals surface area contributed by atoms with Gasteiger partial charge >= 0.3 is 6.55 Å².